The molecule has 2 heterocycles. The normalized spacial score (nSPS) is 14.3. The van der Waals surface area contributed by atoms with Gasteiger partial charge in [0.25, 0.3) is 5.91 Å². The molecule has 2 aromatic carbocycles. The van der Waals surface area contributed by atoms with Crippen LogP contribution in [0.3, 0.4) is 0 Å². The maximum absolute atomic E-state index is 12.8. The summed E-state index contributed by atoms with van der Waals surface area (Å²) in [6.07, 6.45) is 2.34. The fourth-order valence-corrected chi connectivity index (χ4v) is 3.36. The van der Waals surface area contributed by atoms with Crippen LogP contribution in [-0.2, 0) is 9.53 Å². The van der Waals surface area contributed by atoms with E-state index in [0.29, 0.717) is 47.4 Å². The lowest BCUT2D eigenvalue weighted by Crippen LogP contribution is -2.24. The van der Waals surface area contributed by atoms with E-state index in [1.165, 1.54) is 7.11 Å². The summed E-state index contributed by atoms with van der Waals surface area (Å²) in [4.78, 5) is 23.9. The predicted octanol–water partition coefficient (Wildman–Crippen LogP) is 3.08. The number of para-hydroxylation sites is 1. The molecule has 11 heteroatoms. The number of aromatic nitrogens is 4. The highest BCUT2D eigenvalue weighted by Crippen LogP contribution is 2.41. The minimum Gasteiger partial charge on any atom is -0.494 e. The van der Waals surface area contributed by atoms with Gasteiger partial charge < -0.3 is 24.3 Å². The van der Waals surface area contributed by atoms with Crippen LogP contribution in [0.2, 0.25) is 0 Å². The lowest BCUT2D eigenvalue weighted by atomic mass is 10.2. The number of anilines is 1. The van der Waals surface area contributed by atoms with Crippen LogP contribution in [0.5, 0.6) is 17.2 Å². The van der Waals surface area contributed by atoms with Crippen LogP contribution in [0.1, 0.15) is 48.0 Å². The fourth-order valence-electron chi connectivity index (χ4n) is 3.36. The summed E-state index contributed by atoms with van der Waals surface area (Å²) in [5, 5.41) is 16.7. The number of H-pyrrole nitrogens is 1. The highest BCUT2D eigenvalue weighted by Gasteiger charge is 2.28. The van der Waals surface area contributed by atoms with Gasteiger partial charge >= 0.3 is 5.97 Å². The van der Waals surface area contributed by atoms with Gasteiger partial charge in [-0.25, -0.2) is 0 Å². The summed E-state index contributed by atoms with van der Waals surface area (Å²) in [5.74, 6) is 1.47. The number of nitrogens with zero attached hydrogens (tertiary/aromatic N) is 3. The van der Waals surface area contributed by atoms with E-state index in [-0.39, 0.29) is 18.5 Å². The molecule has 0 saturated carbocycles. The quantitative estimate of drug-likeness (QED) is 0.340. The third-order valence-corrected chi connectivity index (χ3v) is 5.17. The molecule has 1 aliphatic heterocycles. The molecule has 178 valence electrons. The van der Waals surface area contributed by atoms with E-state index in [0.717, 1.165) is 19.3 Å². The zero-order chi connectivity index (χ0) is 23.8. The Morgan fingerprint density at radius 1 is 1.15 bits per heavy atom. The van der Waals surface area contributed by atoms with Crippen molar-refractivity contribution in [2.24, 2.45) is 0 Å². The number of tetrazole rings is 1. The summed E-state index contributed by atoms with van der Waals surface area (Å²) in [6, 6.07) is 12.1. The number of esters is 1. The molecule has 1 aliphatic rings. The number of methoxy groups -OCH3 is 1. The van der Waals surface area contributed by atoms with Crippen LogP contribution >= 0.6 is 0 Å². The number of carbonyl (C=O) groups excluding carboxylic acids is 2. The van der Waals surface area contributed by atoms with Gasteiger partial charge in [-0.2, -0.15) is 5.21 Å². The average Bonchev–Trinajstić information content (AvgIpc) is 3.41. The zero-order valence-electron chi connectivity index (χ0n) is 18.7. The van der Waals surface area contributed by atoms with Crippen LogP contribution in [0.15, 0.2) is 42.5 Å². The number of aromatic amines is 1. The summed E-state index contributed by atoms with van der Waals surface area (Å²) in [7, 11) is 1.39. The number of rotatable bonds is 10. The second-order valence-electron chi connectivity index (χ2n) is 7.53. The van der Waals surface area contributed by atoms with Gasteiger partial charge in [0, 0.05) is 12.0 Å². The summed E-state index contributed by atoms with van der Waals surface area (Å²) >= 11 is 0. The van der Waals surface area contributed by atoms with Crippen LogP contribution in [0.4, 0.5) is 5.69 Å². The molecule has 1 aromatic heterocycles. The minimum absolute atomic E-state index is 0.198. The van der Waals surface area contributed by atoms with Gasteiger partial charge in [-0.1, -0.05) is 11.3 Å². The number of fused-ring (bicyclic) bond motifs is 1. The topological polar surface area (TPSA) is 138 Å². The average molecular weight is 467 g/mol. The number of ether oxygens (including phenoxy) is 4. The molecule has 1 atom stereocenters. The largest absolute Gasteiger partial charge is 0.494 e. The van der Waals surface area contributed by atoms with E-state index in [1.807, 2.05) is 0 Å². The lowest BCUT2D eigenvalue weighted by molar-refractivity contribution is -0.140. The van der Waals surface area contributed by atoms with Crippen LogP contribution in [-0.4, -0.2) is 52.8 Å². The van der Waals surface area contributed by atoms with Gasteiger partial charge in [-0.3, -0.25) is 9.59 Å². The molecule has 1 amide bonds. The molecule has 2 N–H and O–H groups in total. The Morgan fingerprint density at radius 2 is 2.00 bits per heavy atom. The van der Waals surface area contributed by atoms with E-state index < -0.39 is 6.10 Å². The molecule has 0 fully saturated rings. The van der Waals surface area contributed by atoms with E-state index in [4.69, 9.17) is 14.2 Å². The first-order valence-corrected chi connectivity index (χ1v) is 10.9. The highest BCUT2D eigenvalue weighted by atomic mass is 16.6. The smallest absolute Gasteiger partial charge is 0.305 e. The number of hydrogen-bond donors (Lipinski definition) is 2. The molecule has 3 aromatic rings. The van der Waals surface area contributed by atoms with Gasteiger partial charge in [-0.15, -0.1) is 10.2 Å². The van der Waals surface area contributed by atoms with Crippen molar-refractivity contribution < 1.29 is 28.5 Å². The second kappa shape index (κ2) is 11.1. The maximum Gasteiger partial charge on any atom is 0.305 e. The molecule has 1 unspecified atom stereocenters. The number of hydrogen-bond acceptors (Lipinski definition) is 9. The molecule has 0 bridgehead atoms. The molecule has 34 heavy (non-hydrogen) atoms. The predicted molar refractivity (Wildman–Crippen MR) is 120 cm³/mol. The van der Waals surface area contributed by atoms with E-state index in [2.05, 4.69) is 30.7 Å². The maximum atomic E-state index is 12.8. The number of benzene rings is 2. The molecular weight excluding hydrogens is 442 g/mol. The van der Waals surface area contributed by atoms with Crippen molar-refractivity contribution in [2.45, 2.75) is 31.8 Å². The molecule has 0 saturated heterocycles. The number of carbonyl (C=O) groups is 2. The zero-order valence-corrected chi connectivity index (χ0v) is 18.7. The SMILES string of the molecule is COC(=O)CCCCCOc1ccc(C(=O)Nc2cccc3c2OC(c2nn[nH]n2)CO3)cc1. The molecule has 11 nitrogen and oxygen atoms in total. The molecule has 4 rings (SSSR count). The van der Waals surface area contributed by atoms with Crippen molar-refractivity contribution in [1.82, 2.24) is 20.6 Å². The van der Waals surface area contributed by atoms with Crippen LogP contribution < -0.4 is 19.5 Å². The van der Waals surface area contributed by atoms with Crippen molar-refractivity contribution in [1.29, 1.82) is 0 Å². The summed E-state index contributed by atoms with van der Waals surface area (Å²) in [6.45, 7) is 0.762. The van der Waals surface area contributed by atoms with Crippen molar-refractivity contribution in [3.63, 3.8) is 0 Å². The van der Waals surface area contributed by atoms with E-state index in [9.17, 15) is 9.59 Å². The standard InChI is InChI=1S/C23H25N5O6/c1-31-20(29)8-3-2-4-13-32-16-11-9-15(10-12-16)23(30)24-17-6-5-7-18-21(17)34-19(14-33-18)22-25-27-28-26-22/h5-7,9-12,19H,2-4,8,13-14H2,1H3,(H,24,30)(H,25,26,27,28). The third kappa shape index (κ3) is 5.80. The van der Waals surface area contributed by atoms with E-state index >= 15 is 0 Å². The Hall–Kier alpha value is -4.15. The fraction of sp³-hybridized carbons (Fsp3) is 0.348. The number of unbranched alkanes of at least 4 members (excludes halogenated alkanes) is 2. The molecule has 0 aliphatic carbocycles. The third-order valence-electron chi connectivity index (χ3n) is 5.17. The first-order chi connectivity index (χ1) is 16.6. The Morgan fingerprint density at radius 3 is 2.76 bits per heavy atom. The second-order valence-corrected chi connectivity index (χ2v) is 7.53. The van der Waals surface area contributed by atoms with Gasteiger partial charge in [-0.05, 0) is 55.7 Å². The highest BCUT2D eigenvalue weighted by molar-refractivity contribution is 6.05. The first-order valence-electron chi connectivity index (χ1n) is 10.9. The van der Waals surface area contributed by atoms with E-state index in [1.54, 1.807) is 42.5 Å². The van der Waals surface area contributed by atoms with Crippen LogP contribution in [0.25, 0.3) is 0 Å². The first kappa shape index (κ1) is 23.0. The number of nitrogens with one attached hydrogen (secondary N) is 2. The summed E-state index contributed by atoms with van der Waals surface area (Å²) in [5.41, 5.74) is 0.942. The Bertz CT molecular complexity index is 1100. The Labute approximate surface area is 195 Å². The molecule has 0 radical (unpaired) electrons. The lowest BCUT2D eigenvalue weighted by Gasteiger charge is -2.26. The van der Waals surface area contributed by atoms with Gasteiger partial charge in [0.1, 0.15) is 12.4 Å². The summed E-state index contributed by atoms with van der Waals surface area (Å²) < 4.78 is 22.1. The molecular formula is C23H25N5O6. The monoisotopic (exact) mass is 467 g/mol. The Balaban J connectivity index is 1.30. The van der Waals surface area contributed by atoms with Crippen molar-refractivity contribution in [2.75, 3.05) is 25.6 Å². The number of amides is 1. The van der Waals surface area contributed by atoms with Gasteiger partial charge in [0.15, 0.2) is 17.6 Å². The molecule has 0 spiro atoms. The minimum atomic E-state index is -0.541. The van der Waals surface area contributed by atoms with Crippen LogP contribution in [0, 0.1) is 0 Å². The Kier molecular flexibility index (Phi) is 7.53. The van der Waals surface area contributed by atoms with Crippen molar-refractivity contribution >= 4 is 17.6 Å². The van der Waals surface area contributed by atoms with Gasteiger partial charge in [0.2, 0.25) is 5.82 Å². The van der Waals surface area contributed by atoms with Crippen molar-refractivity contribution in [3.05, 3.63) is 53.9 Å². The van der Waals surface area contributed by atoms with Crippen molar-refractivity contribution in [3.8, 4) is 17.2 Å². The van der Waals surface area contributed by atoms with Gasteiger partial charge in [0.05, 0.1) is 19.4 Å².